The Morgan fingerprint density at radius 1 is 1.11 bits per heavy atom. The van der Waals surface area contributed by atoms with Crippen molar-refractivity contribution in [3.63, 3.8) is 0 Å². The lowest BCUT2D eigenvalue weighted by molar-refractivity contribution is 0.589. The lowest BCUT2D eigenvalue weighted by Gasteiger charge is -2.19. The molecule has 0 radical (unpaired) electrons. The van der Waals surface area contributed by atoms with Crippen LogP contribution in [0.2, 0.25) is 0 Å². The molecule has 100 valence electrons. The van der Waals surface area contributed by atoms with E-state index in [0.29, 0.717) is 6.54 Å². The highest BCUT2D eigenvalue weighted by molar-refractivity contribution is 5.34. The van der Waals surface area contributed by atoms with Crippen molar-refractivity contribution >= 4 is 5.69 Å². The minimum Gasteiger partial charge on any atom is -0.394 e. The fourth-order valence-electron chi connectivity index (χ4n) is 1.99. The van der Waals surface area contributed by atoms with E-state index in [2.05, 4.69) is 45.0 Å². The van der Waals surface area contributed by atoms with Crippen LogP contribution in [-0.4, -0.2) is 4.57 Å². The third-order valence-corrected chi connectivity index (χ3v) is 3.22. The summed E-state index contributed by atoms with van der Waals surface area (Å²) in [6, 6.07) is 11.8. The van der Waals surface area contributed by atoms with E-state index in [1.54, 1.807) is 22.9 Å². The normalized spacial score (nSPS) is 11.5. The highest BCUT2D eigenvalue weighted by atomic mass is 16.1. The van der Waals surface area contributed by atoms with Gasteiger partial charge in [-0.1, -0.05) is 45.0 Å². The second kappa shape index (κ2) is 4.92. The first kappa shape index (κ1) is 13.4. The van der Waals surface area contributed by atoms with Crippen LogP contribution in [0, 0.1) is 0 Å². The smallest absolute Gasteiger partial charge is 0.273 e. The maximum absolute atomic E-state index is 11.8. The average molecular weight is 256 g/mol. The molecule has 2 rings (SSSR count). The molecule has 0 atom stereocenters. The zero-order valence-corrected chi connectivity index (χ0v) is 11.7. The number of rotatable bonds is 2. The van der Waals surface area contributed by atoms with Crippen molar-refractivity contribution in [3.05, 3.63) is 64.1 Å². The summed E-state index contributed by atoms with van der Waals surface area (Å²) in [5.74, 6) is 0. The van der Waals surface area contributed by atoms with E-state index in [1.807, 2.05) is 0 Å². The Labute approximate surface area is 113 Å². The number of anilines is 1. The van der Waals surface area contributed by atoms with Crippen LogP contribution in [0.3, 0.4) is 0 Å². The maximum Gasteiger partial charge on any atom is 0.273 e. The summed E-state index contributed by atoms with van der Waals surface area (Å²) in [5.41, 5.74) is 8.30. The zero-order chi connectivity index (χ0) is 14.0. The van der Waals surface area contributed by atoms with Gasteiger partial charge in [-0.3, -0.25) is 4.79 Å². The van der Waals surface area contributed by atoms with Crippen LogP contribution in [0.15, 0.2) is 47.4 Å². The number of nitrogens with two attached hydrogens (primary N) is 1. The van der Waals surface area contributed by atoms with Gasteiger partial charge in [0, 0.05) is 6.20 Å². The molecule has 0 aliphatic carbocycles. The number of aromatic nitrogens is 1. The summed E-state index contributed by atoms with van der Waals surface area (Å²) in [5, 5.41) is 0. The van der Waals surface area contributed by atoms with E-state index < -0.39 is 0 Å². The Bertz CT molecular complexity index is 618. The molecule has 0 saturated heterocycles. The van der Waals surface area contributed by atoms with Gasteiger partial charge < -0.3 is 10.3 Å². The van der Waals surface area contributed by atoms with Gasteiger partial charge in [-0.05, 0) is 28.7 Å². The Kier molecular flexibility index (Phi) is 3.47. The van der Waals surface area contributed by atoms with Crippen LogP contribution < -0.4 is 11.3 Å². The summed E-state index contributed by atoms with van der Waals surface area (Å²) in [6.45, 7) is 7.10. The second-order valence-corrected chi connectivity index (χ2v) is 5.84. The molecule has 19 heavy (non-hydrogen) atoms. The molecular weight excluding hydrogens is 236 g/mol. The van der Waals surface area contributed by atoms with Crippen molar-refractivity contribution < 1.29 is 0 Å². The Balaban J connectivity index is 2.25. The fraction of sp³-hybridized carbons (Fsp3) is 0.312. The summed E-state index contributed by atoms with van der Waals surface area (Å²) in [4.78, 5) is 11.8. The van der Waals surface area contributed by atoms with Crippen molar-refractivity contribution in [1.82, 2.24) is 4.57 Å². The van der Waals surface area contributed by atoms with Crippen molar-refractivity contribution in [3.8, 4) is 0 Å². The highest BCUT2D eigenvalue weighted by Crippen LogP contribution is 2.22. The molecule has 0 saturated carbocycles. The number of hydrogen-bond donors (Lipinski definition) is 1. The second-order valence-electron chi connectivity index (χ2n) is 5.84. The first-order chi connectivity index (χ1) is 8.88. The van der Waals surface area contributed by atoms with Gasteiger partial charge in [0.2, 0.25) is 0 Å². The Hall–Kier alpha value is -2.03. The van der Waals surface area contributed by atoms with E-state index in [4.69, 9.17) is 5.73 Å². The zero-order valence-electron chi connectivity index (χ0n) is 11.7. The van der Waals surface area contributed by atoms with Crippen molar-refractivity contribution in [2.45, 2.75) is 32.7 Å². The van der Waals surface area contributed by atoms with Gasteiger partial charge in [0.15, 0.2) is 0 Å². The summed E-state index contributed by atoms with van der Waals surface area (Å²) in [7, 11) is 0. The molecule has 1 aromatic carbocycles. The largest absolute Gasteiger partial charge is 0.394 e. The molecule has 1 aromatic heterocycles. The standard InChI is InChI=1S/C16H20N2O/c1-16(2,3)13-8-6-12(7-9-13)11-18-10-4-5-14(17)15(18)19/h4-10H,11,17H2,1-3H3. The van der Waals surface area contributed by atoms with Gasteiger partial charge in [0.05, 0.1) is 12.2 Å². The van der Waals surface area contributed by atoms with Gasteiger partial charge in [-0.15, -0.1) is 0 Å². The SMILES string of the molecule is CC(C)(C)c1ccc(Cn2cccc(N)c2=O)cc1. The monoisotopic (exact) mass is 256 g/mol. The van der Waals surface area contributed by atoms with Crippen molar-refractivity contribution in [2.24, 2.45) is 0 Å². The molecule has 1 heterocycles. The fourth-order valence-corrected chi connectivity index (χ4v) is 1.99. The van der Waals surface area contributed by atoms with E-state index in [1.165, 1.54) is 5.56 Å². The van der Waals surface area contributed by atoms with E-state index in [9.17, 15) is 4.79 Å². The molecule has 0 fully saturated rings. The Morgan fingerprint density at radius 3 is 2.32 bits per heavy atom. The van der Waals surface area contributed by atoms with Gasteiger partial charge >= 0.3 is 0 Å². The van der Waals surface area contributed by atoms with Crippen LogP contribution >= 0.6 is 0 Å². The number of benzene rings is 1. The van der Waals surface area contributed by atoms with Gasteiger partial charge in [0.25, 0.3) is 5.56 Å². The van der Waals surface area contributed by atoms with E-state index >= 15 is 0 Å². The topological polar surface area (TPSA) is 48.0 Å². The van der Waals surface area contributed by atoms with Gasteiger partial charge in [0.1, 0.15) is 0 Å². The average Bonchev–Trinajstić information content (AvgIpc) is 2.35. The molecule has 2 N–H and O–H groups in total. The minimum absolute atomic E-state index is 0.137. The van der Waals surface area contributed by atoms with Crippen LogP contribution in [0.4, 0.5) is 5.69 Å². The van der Waals surface area contributed by atoms with Crippen LogP contribution in [-0.2, 0) is 12.0 Å². The van der Waals surface area contributed by atoms with Crippen LogP contribution in [0.1, 0.15) is 31.9 Å². The minimum atomic E-state index is -0.137. The third kappa shape index (κ3) is 3.05. The first-order valence-electron chi connectivity index (χ1n) is 6.42. The maximum atomic E-state index is 11.8. The third-order valence-electron chi connectivity index (χ3n) is 3.22. The molecule has 0 aliphatic rings. The molecule has 3 heteroatoms. The summed E-state index contributed by atoms with van der Waals surface area (Å²) < 4.78 is 1.63. The first-order valence-corrected chi connectivity index (χ1v) is 6.42. The molecule has 0 amide bonds. The van der Waals surface area contributed by atoms with Gasteiger partial charge in [-0.25, -0.2) is 0 Å². The number of nitrogens with zero attached hydrogens (tertiary/aromatic N) is 1. The van der Waals surface area contributed by atoms with E-state index in [-0.39, 0.29) is 16.7 Å². The molecule has 2 aromatic rings. The number of nitrogen functional groups attached to an aromatic ring is 1. The van der Waals surface area contributed by atoms with E-state index in [0.717, 1.165) is 5.56 Å². The summed E-state index contributed by atoms with van der Waals surface area (Å²) >= 11 is 0. The molecule has 0 bridgehead atoms. The highest BCUT2D eigenvalue weighted by Gasteiger charge is 2.12. The molecule has 0 unspecified atom stereocenters. The predicted octanol–water partition coefficient (Wildman–Crippen LogP) is 2.78. The van der Waals surface area contributed by atoms with Crippen molar-refractivity contribution in [2.75, 3.05) is 5.73 Å². The lowest BCUT2D eigenvalue weighted by Crippen LogP contribution is -2.22. The lowest BCUT2D eigenvalue weighted by atomic mass is 9.87. The summed E-state index contributed by atoms with van der Waals surface area (Å²) in [6.07, 6.45) is 1.76. The molecule has 0 spiro atoms. The molecule has 3 nitrogen and oxygen atoms in total. The quantitative estimate of drug-likeness (QED) is 0.898. The van der Waals surface area contributed by atoms with Crippen LogP contribution in [0.5, 0.6) is 0 Å². The van der Waals surface area contributed by atoms with Crippen LogP contribution in [0.25, 0.3) is 0 Å². The molecular formula is C16H20N2O. The number of hydrogen-bond acceptors (Lipinski definition) is 2. The van der Waals surface area contributed by atoms with Gasteiger partial charge in [-0.2, -0.15) is 0 Å². The van der Waals surface area contributed by atoms with Crippen molar-refractivity contribution in [1.29, 1.82) is 0 Å². The Morgan fingerprint density at radius 2 is 1.74 bits per heavy atom. The molecule has 0 aliphatic heterocycles. The predicted molar refractivity (Wildman–Crippen MR) is 79.4 cm³/mol. The number of pyridine rings is 1.